The fourth-order valence-electron chi connectivity index (χ4n) is 5.78. The number of aliphatic hydroxyl groups excluding tert-OH is 1. The molecule has 0 bridgehead atoms. The normalized spacial score (nSPS) is 18.6. The summed E-state index contributed by atoms with van der Waals surface area (Å²) in [6.45, 7) is 5.70. The first-order chi connectivity index (χ1) is 23.2. The van der Waals surface area contributed by atoms with Crippen molar-refractivity contribution in [3.8, 4) is 5.75 Å². The number of carbonyl (C=O) groups excluding carboxylic acids is 2. The number of amides is 2. The molecule has 0 spiro atoms. The lowest BCUT2D eigenvalue weighted by Crippen LogP contribution is -2.55. The maximum Gasteiger partial charge on any atom is 0.573 e. The lowest BCUT2D eigenvalue weighted by atomic mass is 10.0. The van der Waals surface area contributed by atoms with Gasteiger partial charge in [0, 0.05) is 38.8 Å². The Morgan fingerprint density at radius 3 is 2.27 bits per heavy atom. The summed E-state index contributed by atoms with van der Waals surface area (Å²) in [5.74, 6) is -1.34. The predicted molar refractivity (Wildman–Crippen MR) is 173 cm³/mol. The molecule has 4 rings (SSSR count). The minimum atomic E-state index is -4.94. The van der Waals surface area contributed by atoms with Crippen molar-refractivity contribution in [2.24, 2.45) is 5.92 Å². The Bertz CT molecular complexity index is 1450. The Labute approximate surface area is 285 Å². The molecule has 0 aromatic heterocycles. The molecule has 2 fully saturated rings. The van der Waals surface area contributed by atoms with Crippen LogP contribution in [0.3, 0.4) is 0 Å². The first kappa shape index (κ1) is 38.5. The van der Waals surface area contributed by atoms with Crippen LogP contribution in [-0.4, -0.2) is 130 Å². The minimum absolute atomic E-state index is 0.000558. The van der Waals surface area contributed by atoms with Gasteiger partial charge in [-0.15, -0.1) is 13.2 Å². The number of sulfonamides is 1. The van der Waals surface area contributed by atoms with Crippen LogP contribution in [-0.2, 0) is 35.5 Å². The molecule has 2 amide bonds. The quantitative estimate of drug-likeness (QED) is 0.268. The summed E-state index contributed by atoms with van der Waals surface area (Å²) in [5, 5.41) is 14.5. The van der Waals surface area contributed by atoms with Gasteiger partial charge in [-0.2, -0.15) is 4.31 Å². The van der Waals surface area contributed by atoms with Crippen molar-refractivity contribution in [2.45, 2.75) is 56.1 Å². The van der Waals surface area contributed by atoms with Gasteiger partial charge in [-0.3, -0.25) is 14.5 Å². The van der Waals surface area contributed by atoms with E-state index in [0.29, 0.717) is 45.9 Å². The van der Waals surface area contributed by atoms with Crippen LogP contribution in [0, 0.1) is 5.92 Å². The molecule has 16 heteroatoms. The highest BCUT2D eigenvalue weighted by Crippen LogP contribution is 2.26. The number of hydrogen-bond acceptors (Lipinski definition) is 9. The molecule has 2 N–H and O–H groups in total. The molecule has 2 aliphatic rings. The number of carbonyl (C=O) groups is 2. The molecule has 12 nitrogen and oxygen atoms in total. The lowest BCUT2D eigenvalue weighted by Gasteiger charge is -2.33. The fourth-order valence-corrected chi connectivity index (χ4v) is 7.40. The van der Waals surface area contributed by atoms with Crippen LogP contribution in [0.5, 0.6) is 5.75 Å². The van der Waals surface area contributed by atoms with Crippen molar-refractivity contribution >= 4 is 21.8 Å². The van der Waals surface area contributed by atoms with Gasteiger partial charge in [-0.25, -0.2) is 8.42 Å². The summed E-state index contributed by atoms with van der Waals surface area (Å²) >= 11 is 0. The molecule has 0 aliphatic carbocycles. The van der Waals surface area contributed by atoms with Gasteiger partial charge in [0.15, 0.2) is 0 Å². The van der Waals surface area contributed by atoms with Crippen molar-refractivity contribution in [1.82, 2.24) is 19.4 Å². The summed E-state index contributed by atoms with van der Waals surface area (Å²) in [6.07, 6.45) is -5.51. The van der Waals surface area contributed by atoms with Crippen molar-refractivity contribution < 1.29 is 50.5 Å². The highest BCUT2D eigenvalue weighted by molar-refractivity contribution is 7.89. The molecule has 2 aliphatic heterocycles. The number of aliphatic hydroxyl groups is 1. The van der Waals surface area contributed by atoms with E-state index >= 15 is 0 Å². The summed E-state index contributed by atoms with van der Waals surface area (Å²) in [6, 6.07) is 11.8. The van der Waals surface area contributed by atoms with E-state index in [-0.39, 0.29) is 48.8 Å². The Morgan fingerprint density at radius 2 is 1.67 bits per heavy atom. The fraction of sp³-hybridized carbons (Fsp3) is 0.576. The highest BCUT2D eigenvalue weighted by Gasteiger charge is 2.34. The van der Waals surface area contributed by atoms with Crippen LogP contribution >= 0.6 is 0 Å². The number of nitrogens with zero attached hydrogens (tertiary/aromatic N) is 3. The van der Waals surface area contributed by atoms with E-state index in [2.05, 4.69) is 10.1 Å². The van der Waals surface area contributed by atoms with E-state index in [1.807, 2.05) is 18.2 Å². The van der Waals surface area contributed by atoms with Crippen LogP contribution in [0.4, 0.5) is 13.2 Å². The molecule has 2 aromatic rings. The maximum atomic E-state index is 13.7. The monoisotopic (exact) mass is 714 g/mol. The van der Waals surface area contributed by atoms with Gasteiger partial charge in [0.25, 0.3) is 0 Å². The van der Waals surface area contributed by atoms with Gasteiger partial charge < -0.3 is 29.5 Å². The predicted octanol–water partition coefficient (Wildman–Crippen LogP) is 2.27. The summed E-state index contributed by atoms with van der Waals surface area (Å²) in [5.41, 5.74) is 0.786. The summed E-state index contributed by atoms with van der Waals surface area (Å²) in [7, 11) is -4.29. The third-order valence-electron chi connectivity index (χ3n) is 8.23. The van der Waals surface area contributed by atoms with Gasteiger partial charge in [0.1, 0.15) is 5.75 Å². The zero-order valence-electron chi connectivity index (χ0n) is 27.7. The molecule has 2 saturated heterocycles. The van der Waals surface area contributed by atoms with Crippen LogP contribution in [0.2, 0.25) is 0 Å². The molecule has 49 heavy (non-hydrogen) atoms. The number of ether oxygens (including phenoxy) is 3. The van der Waals surface area contributed by atoms with E-state index in [1.54, 1.807) is 35.8 Å². The molecule has 0 unspecified atom stereocenters. The second-order valence-electron chi connectivity index (χ2n) is 12.6. The number of rotatable bonds is 16. The molecule has 3 atom stereocenters. The van der Waals surface area contributed by atoms with Crippen LogP contribution < -0.4 is 10.1 Å². The number of morpholine rings is 1. The van der Waals surface area contributed by atoms with Crippen molar-refractivity contribution in [2.75, 3.05) is 65.7 Å². The van der Waals surface area contributed by atoms with Crippen LogP contribution in [0.1, 0.15) is 25.8 Å². The summed E-state index contributed by atoms with van der Waals surface area (Å²) < 4.78 is 81.3. The number of benzene rings is 2. The first-order valence-electron chi connectivity index (χ1n) is 16.3. The topological polar surface area (TPSA) is 138 Å². The lowest BCUT2D eigenvalue weighted by molar-refractivity contribution is -0.274. The second-order valence-corrected chi connectivity index (χ2v) is 14.5. The molecular formula is C33H45F3N4O8S. The molecule has 2 heterocycles. The molecule has 0 saturated carbocycles. The molecular weight excluding hydrogens is 669 g/mol. The van der Waals surface area contributed by atoms with Gasteiger partial charge >= 0.3 is 6.36 Å². The van der Waals surface area contributed by atoms with E-state index in [4.69, 9.17) is 9.47 Å². The zero-order valence-corrected chi connectivity index (χ0v) is 28.5. The number of nitrogens with one attached hydrogen (secondary N) is 1. The third-order valence-corrected chi connectivity index (χ3v) is 10.1. The van der Waals surface area contributed by atoms with E-state index in [9.17, 15) is 36.3 Å². The maximum absolute atomic E-state index is 13.7. The van der Waals surface area contributed by atoms with Crippen molar-refractivity contribution in [3.63, 3.8) is 0 Å². The Morgan fingerprint density at radius 1 is 1.00 bits per heavy atom. The second kappa shape index (κ2) is 17.6. The summed E-state index contributed by atoms with van der Waals surface area (Å²) in [4.78, 5) is 29.9. The van der Waals surface area contributed by atoms with Crippen LogP contribution in [0.15, 0.2) is 59.5 Å². The SMILES string of the molecule is CC(C)CN(C[C@@H](O)[C@H](Cc1ccccc1)NC(=O)CN(CC(=O)N1CCOCC1)[C@H]1CCOC1)S(=O)(=O)c1ccc(OC(F)(F)F)cc1. The highest BCUT2D eigenvalue weighted by atomic mass is 32.2. The van der Waals surface area contributed by atoms with E-state index in [1.165, 1.54) is 0 Å². The Kier molecular flexibility index (Phi) is 13.8. The van der Waals surface area contributed by atoms with Crippen molar-refractivity contribution in [1.29, 1.82) is 0 Å². The molecule has 0 radical (unpaired) electrons. The minimum Gasteiger partial charge on any atom is -0.406 e. The van der Waals surface area contributed by atoms with E-state index in [0.717, 1.165) is 34.1 Å². The van der Waals surface area contributed by atoms with Crippen molar-refractivity contribution in [3.05, 3.63) is 60.2 Å². The average molecular weight is 715 g/mol. The van der Waals surface area contributed by atoms with Gasteiger partial charge in [0.2, 0.25) is 21.8 Å². The Balaban J connectivity index is 1.52. The molecule has 272 valence electrons. The number of halogens is 3. The van der Waals surface area contributed by atoms with Gasteiger partial charge in [-0.05, 0) is 48.6 Å². The first-order valence-corrected chi connectivity index (χ1v) is 17.7. The van der Waals surface area contributed by atoms with Crippen LogP contribution in [0.25, 0.3) is 0 Å². The molecule has 2 aromatic carbocycles. The van der Waals surface area contributed by atoms with Gasteiger partial charge in [0.05, 0.1) is 50.0 Å². The zero-order chi connectivity index (χ0) is 35.6. The third kappa shape index (κ3) is 11.9. The average Bonchev–Trinajstić information content (AvgIpc) is 3.59. The Hall–Kier alpha value is -3.28. The smallest absolute Gasteiger partial charge is 0.406 e. The van der Waals surface area contributed by atoms with E-state index < -0.39 is 46.7 Å². The number of hydrogen-bond donors (Lipinski definition) is 2. The largest absolute Gasteiger partial charge is 0.573 e. The number of alkyl halides is 3. The van der Waals surface area contributed by atoms with Gasteiger partial charge in [-0.1, -0.05) is 44.2 Å². The standard InChI is InChI=1S/C33H45F3N4O8S/c1-24(2)19-40(49(44,45)28-10-8-27(9-11-28)48-33(34,35)36)20-30(41)29(18-25-6-4-3-5-7-25)37-31(42)21-39(26-12-15-47-23-26)22-32(43)38-13-16-46-17-14-38/h3-11,24,26,29-30,41H,12-23H2,1-2H3,(H,37,42)/t26-,29-,30+/m0/s1.